The lowest BCUT2D eigenvalue weighted by Crippen LogP contribution is -2.61. The van der Waals surface area contributed by atoms with Gasteiger partial charge in [0.2, 0.25) is 0 Å². The highest BCUT2D eigenvalue weighted by Crippen LogP contribution is 2.49. The summed E-state index contributed by atoms with van der Waals surface area (Å²) in [5.41, 5.74) is 1.97. The number of nitrogens with zero attached hydrogens (tertiary/aromatic N) is 6. The van der Waals surface area contributed by atoms with Crippen LogP contribution in [0.4, 0.5) is 0 Å². The molecule has 31 heavy (non-hydrogen) atoms. The number of aromatic nitrogens is 5. The Kier molecular flexibility index (Phi) is 4.24. The van der Waals surface area contributed by atoms with E-state index in [1.807, 2.05) is 11.9 Å². The molecule has 1 aromatic carbocycles. The fourth-order valence-electron chi connectivity index (χ4n) is 5.28. The normalized spacial score (nSPS) is 22.7. The Morgan fingerprint density at radius 1 is 1.19 bits per heavy atom. The molecule has 1 spiro atoms. The van der Waals surface area contributed by atoms with Crippen molar-refractivity contribution in [1.82, 2.24) is 34.5 Å². The molecule has 6 rings (SSSR count). The van der Waals surface area contributed by atoms with Crippen molar-refractivity contribution in [3.05, 3.63) is 65.8 Å². The Balaban J connectivity index is 1.24. The number of aromatic amines is 1. The maximum Gasteiger partial charge on any atom is 0.272 e. The number of hydrogen-bond donors (Lipinski definition) is 1. The summed E-state index contributed by atoms with van der Waals surface area (Å²) in [7, 11) is 1.86. The molecule has 4 heterocycles. The molecular formula is C23H27N7O. The first-order valence-electron chi connectivity index (χ1n) is 11.1. The van der Waals surface area contributed by atoms with Crippen molar-refractivity contribution in [3.63, 3.8) is 0 Å². The zero-order valence-corrected chi connectivity index (χ0v) is 17.7. The molecule has 2 saturated heterocycles. The summed E-state index contributed by atoms with van der Waals surface area (Å²) in [5, 5.41) is 7.77. The van der Waals surface area contributed by atoms with Gasteiger partial charge in [-0.3, -0.25) is 14.8 Å². The van der Waals surface area contributed by atoms with E-state index in [9.17, 15) is 4.79 Å². The van der Waals surface area contributed by atoms with Crippen LogP contribution in [0, 0.1) is 5.41 Å². The fourth-order valence-corrected chi connectivity index (χ4v) is 5.28. The zero-order valence-electron chi connectivity index (χ0n) is 17.7. The standard InChI is InChI=1S/C23H27N7O/c1-28-15-24-9-19(28)22(31)30-13-23(14-30)12-29(10-16-5-3-2-4-6-16)11-18(23)21-25-20(26-27-21)17-7-8-17/h2-6,9,15,17-18H,7-8,10-14H2,1H3,(H,25,26,27). The largest absolute Gasteiger partial charge is 0.336 e. The molecule has 1 unspecified atom stereocenters. The van der Waals surface area contributed by atoms with Crippen LogP contribution in [0.25, 0.3) is 0 Å². The molecule has 3 aromatic rings. The molecule has 1 atom stereocenters. The number of likely N-dealkylation sites (tertiary alicyclic amines) is 2. The summed E-state index contributed by atoms with van der Waals surface area (Å²) in [5.74, 6) is 2.81. The number of benzene rings is 1. The Morgan fingerprint density at radius 2 is 2.00 bits per heavy atom. The summed E-state index contributed by atoms with van der Waals surface area (Å²) < 4.78 is 1.79. The summed E-state index contributed by atoms with van der Waals surface area (Å²) in [6.07, 6.45) is 5.72. The highest BCUT2D eigenvalue weighted by Gasteiger charge is 2.57. The maximum absolute atomic E-state index is 13.0. The molecule has 160 valence electrons. The molecule has 0 bridgehead atoms. The van der Waals surface area contributed by atoms with Crippen LogP contribution in [0.2, 0.25) is 0 Å². The van der Waals surface area contributed by atoms with Gasteiger partial charge in [0.15, 0.2) is 5.82 Å². The monoisotopic (exact) mass is 417 g/mol. The van der Waals surface area contributed by atoms with Gasteiger partial charge in [0, 0.05) is 57.0 Å². The molecule has 8 heteroatoms. The minimum atomic E-state index is 0.0172. The number of hydrogen-bond acceptors (Lipinski definition) is 5. The molecule has 1 amide bonds. The van der Waals surface area contributed by atoms with Crippen molar-refractivity contribution in [3.8, 4) is 0 Å². The number of imidazole rings is 1. The molecule has 0 radical (unpaired) electrons. The van der Waals surface area contributed by atoms with E-state index >= 15 is 0 Å². The van der Waals surface area contributed by atoms with E-state index in [0.29, 0.717) is 11.6 Å². The highest BCUT2D eigenvalue weighted by atomic mass is 16.2. The number of carbonyl (C=O) groups excluding carboxylic acids is 1. The predicted octanol–water partition coefficient (Wildman–Crippen LogP) is 2.16. The van der Waals surface area contributed by atoms with Gasteiger partial charge in [-0.25, -0.2) is 9.97 Å². The third kappa shape index (κ3) is 3.26. The van der Waals surface area contributed by atoms with Crippen LogP contribution in [-0.4, -0.2) is 66.6 Å². The van der Waals surface area contributed by atoms with E-state index in [0.717, 1.165) is 44.4 Å². The maximum atomic E-state index is 13.0. The van der Waals surface area contributed by atoms with Crippen LogP contribution in [0.3, 0.4) is 0 Å². The Labute approximate surface area is 181 Å². The Hall–Kier alpha value is -3.00. The number of carbonyl (C=O) groups is 1. The van der Waals surface area contributed by atoms with Crippen LogP contribution in [0.5, 0.6) is 0 Å². The van der Waals surface area contributed by atoms with E-state index in [4.69, 9.17) is 4.98 Å². The van der Waals surface area contributed by atoms with Gasteiger partial charge in [-0.15, -0.1) is 0 Å². The van der Waals surface area contributed by atoms with Crippen LogP contribution in [0.1, 0.15) is 52.4 Å². The van der Waals surface area contributed by atoms with Gasteiger partial charge in [-0.2, -0.15) is 5.10 Å². The van der Waals surface area contributed by atoms with Crippen LogP contribution >= 0.6 is 0 Å². The Bertz CT molecular complexity index is 1090. The van der Waals surface area contributed by atoms with Crippen molar-refractivity contribution < 1.29 is 4.79 Å². The number of nitrogens with one attached hydrogen (secondary N) is 1. The van der Waals surface area contributed by atoms with Gasteiger partial charge in [0.05, 0.1) is 12.5 Å². The molecule has 1 N–H and O–H groups in total. The van der Waals surface area contributed by atoms with Crippen molar-refractivity contribution in [1.29, 1.82) is 0 Å². The van der Waals surface area contributed by atoms with Gasteiger partial charge in [0.25, 0.3) is 5.91 Å². The minimum absolute atomic E-state index is 0.0172. The lowest BCUT2D eigenvalue weighted by molar-refractivity contribution is 0.00110. The van der Waals surface area contributed by atoms with Gasteiger partial charge < -0.3 is 9.47 Å². The van der Waals surface area contributed by atoms with Crippen molar-refractivity contribution >= 4 is 5.91 Å². The molecule has 2 aliphatic heterocycles. The van der Waals surface area contributed by atoms with Crippen molar-refractivity contribution in [2.45, 2.75) is 31.2 Å². The number of aryl methyl sites for hydroxylation is 1. The van der Waals surface area contributed by atoms with Crippen LogP contribution < -0.4 is 0 Å². The molecule has 3 fully saturated rings. The first-order valence-corrected chi connectivity index (χ1v) is 11.1. The van der Waals surface area contributed by atoms with E-state index in [1.165, 1.54) is 18.4 Å². The highest BCUT2D eigenvalue weighted by molar-refractivity contribution is 5.93. The predicted molar refractivity (Wildman–Crippen MR) is 114 cm³/mol. The zero-order chi connectivity index (χ0) is 21.0. The molecule has 2 aromatic heterocycles. The van der Waals surface area contributed by atoms with Gasteiger partial charge >= 0.3 is 0 Å². The molecule has 1 saturated carbocycles. The second kappa shape index (κ2) is 7.02. The number of rotatable bonds is 5. The summed E-state index contributed by atoms with van der Waals surface area (Å²) >= 11 is 0. The van der Waals surface area contributed by atoms with E-state index in [2.05, 4.69) is 50.4 Å². The summed E-state index contributed by atoms with van der Waals surface area (Å²) in [6, 6.07) is 10.6. The van der Waals surface area contributed by atoms with Crippen LogP contribution in [0.15, 0.2) is 42.9 Å². The average Bonchev–Trinajstić information content (AvgIpc) is 3.15. The van der Waals surface area contributed by atoms with E-state index in [1.54, 1.807) is 17.1 Å². The lowest BCUT2D eigenvalue weighted by Gasteiger charge is -2.50. The third-order valence-electron chi connectivity index (χ3n) is 7.09. The lowest BCUT2D eigenvalue weighted by atomic mass is 9.71. The second-order valence-electron chi connectivity index (χ2n) is 9.47. The van der Waals surface area contributed by atoms with Gasteiger partial charge in [-0.05, 0) is 18.4 Å². The number of H-pyrrole nitrogens is 1. The van der Waals surface area contributed by atoms with Gasteiger partial charge in [0.1, 0.15) is 11.5 Å². The Morgan fingerprint density at radius 3 is 2.71 bits per heavy atom. The smallest absolute Gasteiger partial charge is 0.272 e. The molecule has 1 aliphatic carbocycles. The molecular weight excluding hydrogens is 390 g/mol. The topological polar surface area (TPSA) is 82.9 Å². The minimum Gasteiger partial charge on any atom is -0.336 e. The van der Waals surface area contributed by atoms with E-state index < -0.39 is 0 Å². The summed E-state index contributed by atoms with van der Waals surface area (Å²) in [6.45, 7) is 4.29. The van der Waals surface area contributed by atoms with Gasteiger partial charge in [-0.1, -0.05) is 30.3 Å². The SMILES string of the molecule is Cn1cncc1C(=O)N1CC2(CN(Cc3ccccc3)CC2c2nc(C3CC3)n[nH]2)C1. The molecule has 3 aliphatic rings. The third-order valence-corrected chi connectivity index (χ3v) is 7.09. The second-order valence-corrected chi connectivity index (χ2v) is 9.47. The average molecular weight is 418 g/mol. The first kappa shape index (κ1) is 18.7. The van der Waals surface area contributed by atoms with Crippen LogP contribution in [-0.2, 0) is 13.6 Å². The summed E-state index contributed by atoms with van der Waals surface area (Å²) in [4.78, 5) is 26.4. The van der Waals surface area contributed by atoms with Crippen molar-refractivity contribution in [2.75, 3.05) is 26.2 Å². The fraction of sp³-hybridized carbons (Fsp3) is 0.478. The molecule has 8 nitrogen and oxygen atoms in total. The number of amides is 1. The van der Waals surface area contributed by atoms with E-state index in [-0.39, 0.29) is 17.2 Å². The first-order chi connectivity index (χ1) is 15.1. The quantitative estimate of drug-likeness (QED) is 0.688. The van der Waals surface area contributed by atoms with Crippen molar-refractivity contribution in [2.24, 2.45) is 12.5 Å².